The maximum Gasteiger partial charge on any atom is 0.523 e. The summed E-state index contributed by atoms with van der Waals surface area (Å²) in [6.45, 7) is 0.518. The Labute approximate surface area is 77.0 Å². The summed E-state index contributed by atoms with van der Waals surface area (Å²) in [6.07, 6.45) is 0. The van der Waals surface area contributed by atoms with Gasteiger partial charge in [0.2, 0.25) is 0 Å². The summed E-state index contributed by atoms with van der Waals surface area (Å²) in [4.78, 5) is 16.5. The van der Waals surface area contributed by atoms with Crippen molar-refractivity contribution in [2.24, 2.45) is 0 Å². The van der Waals surface area contributed by atoms with Crippen molar-refractivity contribution in [3.05, 3.63) is 0 Å². The van der Waals surface area contributed by atoms with Crippen molar-refractivity contribution in [2.45, 2.75) is 18.3 Å². The average molecular weight is 258 g/mol. The summed E-state index contributed by atoms with van der Waals surface area (Å²) in [5, 5.41) is 0. The van der Waals surface area contributed by atoms with Gasteiger partial charge in [-0.3, -0.25) is 4.57 Å². The van der Waals surface area contributed by atoms with Crippen LogP contribution in [-0.2, 0) is 18.9 Å². The highest BCUT2D eigenvalue weighted by atomic mass is 32.2. The molecular formula is C3H6F3O6PS. The number of hydrogen-bond donors (Lipinski definition) is 2. The van der Waals surface area contributed by atoms with E-state index in [9.17, 15) is 26.2 Å². The Morgan fingerprint density at radius 1 is 1.36 bits per heavy atom. The topological polar surface area (TPSA) is 101 Å². The van der Waals surface area contributed by atoms with E-state index in [-0.39, 0.29) is 0 Å². The molecule has 0 amide bonds. The molecule has 0 saturated heterocycles. The normalized spacial score (nSPS) is 16.7. The fourth-order valence-electron chi connectivity index (χ4n) is 0.294. The molecule has 0 radical (unpaired) electrons. The molecule has 0 aromatic heterocycles. The highest BCUT2D eigenvalue weighted by molar-refractivity contribution is 7.87. The van der Waals surface area contributed by atoms with Crippen molar-refractivity contribution in [1.29, 1.82) is 0 Å². The molecule has 0 aliphatic rings. The monoisotopic (exact) mass is 258 g/mol. The third kappa shape index (κ3) is 3.54. The summed E-state index contributed by atoms with van der Waals surface area (Å²) >= 11 is 0. The molecule has 1 atom stereocenters. The van der Waals surface area contributed by atoms with E-state index in [2.05, 4.69) is 4.18 Å². The van der Waals surface area contributed by atoms with E-state index >= 15 is 0 Å². The van der Waals surface area contributed by atoms with Crippen LogP contribution in [0, 0.1) is 0 Å². The second-order valence-electron chi connectivity index (χ2n) is 2.18. The first-order chi connectivity index (χ1) is 5.88. The van der Waals surface area contributed by atoms with E-state index in [4.69, 9.17) is 9.79 Å². The third-order valence-electron chi connectivity index (χ3n) is 1.02. The van der Waals surface area contributed by atoms with Gasteiger partial charge in [0.15, 0.2) is 5.85 Å². The molecule has 6 nitrogen and oxygen atoms in total. The quantitative estimate of drug-likeness (QED) is 0.431. The molecule has 0 fully saturated rings. The van der Waals surface area contributed by atoms with Gasteiger partial charge < -0.3 is 9.79 Å². The van der Waals surface area contributed by atoms with Crippen molar-refractivity contribution in [1.82, 2.24) is 0 Å². The minimum absolute atomic E-state index is 0.518. The van der Waals surface area contributed by atoms with E-state index in [0.717, 1.165) is 0 Å². The molecule has 11 heteroatoms. The highest BCUT2D eigenvalue weighted by Gasteiger charge is 2.50. The Hall–Kier alpha value is -0.150. The lowest BCUT2D eigenvalue weighted by atomic mass is 10.9. The maximum absolute atomic E-state index is 11.6. The van der Waals surface area contributed by atoms with E-state index < -0.39 is 29.1 Å². The van der Waals surface area contributed by atoms with Crippen LogP contribution in [0.25, 0.3) is 0 Å². The Bertz CT molecular complexity index is 340. The second kappa shape index (κ2) is 3.78. The fourth-order valence-corrected chi connectivity index (χ4v) is 1.56. The molecule has 14 heavy (non-hydrogen) atoms. The van der Waals surface area contributed by atoms with Crippen molar-refractivity contribution in [3.8, 4) is 0 Å². The van der Waals surface area contributed by atoms with Crippen molar-refractivity contribution in [3.63, 3.8) is 0 Å². The molecule has 86 valence electrons. The summed E-state index contributed by atoms with van der Waals surface area (Å²) in [5.74, 6) is -2.37. The summed E-state index contributed by atoms with van der Waals surface area (Å²) in [7, 11) is -11.0. The van der Waals surface area contributed by atoms with Gasteiger partial charge in [-0.1, -0.05) is 0 Å². The summed E-state index contributed by atoms with van der Waals surface area (Å²) in [5.41, 5.74) is -5.70. The molecule has 0 heterocycles. The summed E-state index contributed by atoms with van der Waals surface area (Å²) in [6, 6.07) is 0. The lowest BCUT2D eigenvalue weighted by Gasteiger charge is -2.15. The van der Waals surface area contributed by atoms with Crippen molar-refractivity contribution in [2.75, 3.05) is 0 Å². The van der Waals surface area contributed by atoms with Gasteiger partial charge >= 0.3 is 23.2 Å². The molecule has 0 aromatic rings. The Morgan fingerprint density at radius 2 is 1.71 bits per heavy atom. The van der Waals surface area contributed by atoms with Gasteiger partial charge in [-0.05, 0) is 6.92 Å². The van der Waals surface area contributed by atoms with Crippen LogP contribution < -0.4 is 0 Å². The van der Waals surface area contributed by atoms with Crippen LogP contribution in [0.2, 0.25) is 0 Å². The zero-order valence-electron chi connectivity index (χ0n) is 6.59. The third-order valence-corrected chi connectivity index (χ3v) is 3.33. The van der Waals surface area contributed by atoms with Gasteiger partial charge in [0.05, 0.1) is 0 Å². The largest absolute Gasteiger partial charge is 0.523 e. The molecule has 0 saturated carbocycles. The minimum atomic E-state index is -5.97. The number of rotatable bonds is 3. The fraction of sp³-hybridized carbons (Fsp3) is 1.00. The van der Waals surface area contributed by atoms with Crippen LogP contribution >= 0.6 is 7.60 Å². The van der Waals surface area contributed by atoms with Crippen molar-refractivity contribution < 1.29 is 40.1 Å². The number of alkyl halides is 3. The zero-order valence-corrected chi connectivity index (χ0v) is 8.31. The van der Waals surface area contributed by atoms with Gasteiger partial charge in [-0.15, -0.1) is 0 Å². The first kappa shape index (κ1) is 13.8. The van der Waals surface area contributed by atoms with Gasteiger partial charge in [0.1, 0.15) is 0 Å². The van der Waals surface area contributed by atoms with E-state index in [1.54, 1.807) is 0 Å². The van der Waals surface area contributed by atoms with Gasteiger partial charge in [0, 0.05) is 0 Å². The van der Waals surface area contributed by atoms with E-state index in [0.29, 0.717) is 6.92 Å². The Morgan fingerprint density at radius 3 is 1.93 bits per heavy atom. The molecule has 1 unspecified atom stereocenters. The van der Waals surface area contributed by atoms with Gasteiger partial charge in [-0.2, -0.15) is 21.6 Å². The highest BCUT2D eigenvalue weighted by Crippen LogP contribution is 2.43. The molecular weight excluding hydrogens is 252 g/mol. The van der Waals surface area contributed by atoms with E-state index in [1.807, 2.05) is 0 Å². The molecule has 0 aromatic carbocycles. The van der Waals surface area contributed by atoms with Crippen LogP contribution in [0.1, 0.15) is 6.92 Å². The van der Waals surface area contributed by atoms with Gasteiger partial charge in [-0.25, -0.2) is 4.18 Å². The van der Waals surface area contributed by atoms with Crippen LogP contribution in [0.4, 0.5) is 13.2 Å². The Balaban J connectivity index is 4.81. The average Bonchev–Trinajstić information content (AvgIpc) is 1.80. The summed E-state index contributed by atoms with van der Waals surface area (Å²) < 4.78 is 68.8. The molecule has 0 bridgehead atoms. The molecule has 0 aliphatic carbocycles. The Kier molecular flexibility index (Phi) is 3.74. The van der Waals surface area contributed by atoms with Crippen LogP contribution in [0.3, 0.4) is 0 Å². The van der Waals surface area contributed by atoms with Crippen LogP contribution in [0.5, 0.6) is 0 Å². The minimum Gasteiger partial charge on any atom is -0.323 e. The smallest absolute Gasteiger partial charge is 0.323 e. The predicted octanol–water partition coefficient (Wildman–Crippen LogP) is 0.376. The van der Waals surface area contributed by atoms with Crippen molar-refractivity contribution >= 4 is 17.7 Å². The number of hydrogen-bond acceptors (Lipinski definition) is 4. The maximum atomic E-state index is 11.6. The van der Waals surface area contributed by atoms with Crippen LogP contribution in [-0.4, -0.2) is 29.6 Å². The molecule has 0 spiro atoms. The van der Waals surface area contributed by atoms with Gasteiger partial charge in [0.25, 0.3) is 0 Å². The zero-order chi connectivity index (χ0) is 11.8. The molecule has 0 aliphatic heterocycles. The molecule has 0 rings (SSSR count). The second-order valence-corrected chi connectivity index (χ2v) is 5.65. The van der Waals surface area contributed by atoms with Crippen LogP contribution in [0.15, 0.2) is 0 Å². The lowest BCUT2D eigenvalue weighted by Crippen LogP contribution is -2.28. The molecule has 2 N–H and O–H groups in total. The number of halogens is 3. The predicted molar refractivity (Wildman–Crippen MR) is 37.6 cm³/mol. The lowest BCUT2D eigenvalue weighted by molar-refractivity contribution is -0.0552. The first-order valence-electron chi connectivity index (χ1n) is 2.92. The standard InChI is InChI=1S/C3H6F3O6PS/c1-2(13(7,8)9)12-14(10,11)3(4,5)6/h2H,1H3,(H2,7,8,9). The van der Waals surface area contributed by atoms with E-state index in [1.165, 1.54) is 0 Å². The SMILES string of the molecule is CC(OS(=O)(=O)C(F)(F)F)P(=O)(O)O. The first-order valence-corrected chi connectivity index (χ1v) is 6.01.